The van der Waals surface area contributed by atoms with Crippen LogP contribution in [0.3, 0.4) is 0 Å². The highest BCUT2D eigenvalue weighted by Gasteiger charge is 2.25. The van der Waals surface area contributed by atoms with E-state index in [1.54, 1.807) is 0 Å². The van der Waals surface area contributed by atoms with Crippen LogP contribution in [0.2, 0.25) is 0 Å². The van der Waals surface area contributed by atoms with Gasteiger partial charge in [-0.3, -0.25) is 4.79 Å². The van der Waals surface area contributed by atoms with Gasteiger partial charge in [-0.1, -0.05) is 24.3 Å². The van der Waals surface area contributed by atoms with Gasteiger partial charge in [0, 0.05) is 19.1 Å². The van der Waals surface area contributed by atoms with Gasteiger partial charge < -0.3 is 21.7 Å². The van der Waals surface area contributed by atoms with Crippen LogP contribution in [-0.2, 0) is 4.79 Å². The Kier molecular flexibility index (Phi) is 7.32. The molecule has 0 bridgehead atoms. The molecule has 1 aromatic carbocycles. The highest BCUT2D eigenvalue weighted by molar-refractivity contribution is 5.85. The molecule has 0 aromatic heterocycles. The molecular weight excluding hydrogens is 316 g/mol. The maximum absolute atomic E-state index is 12.5. The third kappa shape index (κ3) is 5.41. The van der Waals surface area contributed by atoms with Gasteiger partial charge in [0.05, 0.1) is 12.5 Å². The van der Waals surface area contributed by atoms with Crippen molar-refractivity contribution in [1.29, 1.82) is 0 Å². The maximum atomic E-state index is 12.5. The lowest BCUT2D eigenvalue weighted by molar-refractivity contribution is -0.132. The molecule has 1 aromatic rings. The van der Waals surface area contributed by atoms with E-state index in [1.807, 2.05) is 36.1 Å². The van der Waals surface area contributed by atoms with Crippen molar-refractivity contribution in [2.45, 2.75) is 38.3 Å². The summed E-state index contributed by atoms with van der Waals surface area (Å²) in [7, 11) is 0. The zero-order chi connectivity index (χ0) is 16.1. The minimum Gasteiger partial charge on any atom is -0.352 e. The fraction of sp³-hybridized carbons (Fsp3) is 0.500. The van der Waals surface area contributed by atoms with Crippen molar-refractivity contribution < 1.29 is 9.59 Å². The maximum Gasteiger partial charge on any atom is 0.312 e. The normalized spacial score (nSPS) is 16.3. The lowest BCUT2D eigenvalue weighted by atomic mass is 9.97. The molecule has 3 amide bonds. The number of nitrogens with two attached hydrogens (primary N) is 2. The van der Waals surface area contributed by atoms with Crippen molar-refractivity contribution in [3.8, 4) is 0 Å². The summed E-state index contributed by atoms with van der Waals surface area (Å²) in [5, 5.41) is 2.68. The topological polar surface area (TPSA) is 101 Å². The van der Waals surface area contributed by atoms with E-state index >= 15 is 0 Å². The predicted molar refractivity (Wildman–Crippen MR) is 92.3 cm³/mol. The molecule has 6 nitrogen and oxygen atoms in total. The van der Waals surface area contributed by atoms with Crippen LogP contribution >= 0.6 is 12.4 Å². The molecule has 2 rings (SSSR count). The second kappa shape index (κ2) is 8.74. The number of amides is 3. The van der Waals surface area contributed by atoms with E-state index in [9.17, 15) is 9.59 Å². The molecule has 0 radical (unpaired) electrons. The molecule has 1 aliphatic rings. The van der Waals surface area contributed by atoms with Gasteiger partial charge in [0.25, 0.3) is 0 Å². The Morgan fingerprint density at radius 3 is 2.48 bits per heavy atom. The molecule has 0 saturated carbocycles. The predicted octanol–water partition coefficient (Wildman–Crippen LogP) is 1.47. The number of urea groups is 1. The largest absolute Gasteiger partial charge is 0.352 e. The smallest absolute Gasteiger partial charge is 0.312 e. The Bertz CT molecular complexity index is 545. The van der Waals surface area contributed by atoms with E-state index in [0.717, 1.165) is 24.0 Å². The fourth-order valence-electron chi connectivity index (χ4n) is 2.84. The van der Waals surface area contributed by atoms with Gasteiger partial charge in [-0.15, -0.1) is 12.4 Å². The number of hydrogen-bond donors (Lipinski definition) is 3. The number of halogens is 1. The molecule has 1 fully saturated rings. The zero-order valence-corrected chi connectivity index (χ0v) is 14.1. The third-order valence-electron chi connectivity index (χ3n) is 4.15. The Morgan fingerprint density at radius 1 is 1.30 bits per heavy atom. The van der Waals surface area contributed by atoms with Gasteiger partial charge in [0.1, 0.15) is 0 Å². The van der Waals surface area contributed by atoms with E-state index in [-0.39, 0.29) is 30.8 Å². The molecule has 1 unspecified atom stereocenters. The fourth-order valence-corrected chi connectivity index (χ4v) is 2.84. The van der Waals surface area contributed by atoms with E-state index in [4.69, 9.17) is 11.5 Å². The molecule has 0 spiro atoms. The lowest BCUT2D eigenvalue weighted by Gasteiger charge is -2.31. The quantitative estimate of drug-likeness (QED) is 0.773. The number of nitrogens with one attached hydrogen (secondary N) is 1. The molecule has 1 saturated heterocycles. The molecule has 128 valence electrons. The first-order valence-electron chi connectivity index (χ1n) is 7.62. The van der Waals surface area contributed by atoms with Gasteiger partial charge >= 0.3 is 6.03 Å². The van der Waals surface area contributed by atoms with Gasteiger partial charge in [0.2, 0.25) is 5.91 Å². The van der Waals surface area contributed by atoms with Crippen LogP contribution in [0.15, 0.2) is 24.3 Å². The Hall–Kier alpha value is -1.79. The molecule has 1 atom stereocenters. The summed E-state index contributed by atoms with van der Waals surface area (Å²) >= 11 is 0. The van der Waals surface area contributed by atoms with Crippen LogP contribution < -0.4 is 16.8 Å². The van der Waals surface area contributed by atoms with Gasteiger partial charge in [-0.2, -0.15) is 0 Å². The number of rotatable bonds is 4. The molecule has 1 aliphatic heterocycles. The van der Waals surface area contributed by atoms with Crippen molar-refractivity contribution in [3.63, 3.8) is 0 Å². The number of likely N-dealkylation sites (tertiary alicyclic amines) is 1. The lowest BCUT2D eigenvalue weighted by Crippen LogP contribution is -2.44. The summed E-state index contributed by atoms with van der Waals surface area (Å²) in [4.78, 5) is 25.6. The first kappa shape index (κ1) is 19.3. The summed E-state index contributed by atoms with van der Waals surface area (Å²) in [6.45, 7) is 3.31. The minimum atomic E-state index is -0.623. The average Bonchev–Trinajstić information content (AvgIpc) is 2.47. The minimum absolute atomic E-state index is 0. The van der Waals surface area contributed by atoms with Crippen LogP contribution in [0.25, 0.3) is 0 Å². The Balaban J connectivity index is 0.00000264. The molecule has 5 N–H and O–H groups in total. The van der Waals surface area contributed by atoms with E-state index in [1.165, 1.54) is 0 Å². The highest BCUT2D eigenvalue weighted by Crippen LogP contribution is 2.22. The summed E-state index contributed by atoms with van der Waals surface area (Å²) < 4.78 is 0. The standard InChI is InChI=1S/C16H24N4O2.ClH/c1-11-4-2-3-5-13(11)14(19-16(18)22)10-15(21)20-8-6-12(17)7-9-20;/h2-5,12,14H,6-10,17H2,1H3,(H3,18,19,22);1H. The van der Waals surface area contributed by atoms with Crippen LogP contribution in [0.4, 0.5) is 4.79 Å². The molecule has 0 aliphatic carbocycles. The first-order valence-corrected chi connectivity index (χ1v) is 7.62. The highest BCUT2D eigenvalue weighted by atomic mass is 35.5. The Labute approximate surface area is 143 Å². The number of primary amides is 1. The summed E-state index contributed by atoms with van der Waals surface area (Å²) in [5.74, 6) is 0.0221. The number of carbonyl (C=O) groups is 2. The average molecular weight is 341 g/mol. The van der Waals surface area contributed by atoms with Crippen LogP contribution in [0.5, 0.6) is 0 Å². The number of benzene rings is 1. The van der Waals surface area contributed by atoms with Crippen LogP contribution in [0.1, 0.15) is 36.4 Å². The van der Waals surface area contributed by atoms with Crippen molar-refractivity contribution in [2.24, 2.45) is 11.5 Å². The van der Waals surface area contributed by atoms with Gasteiger partial charge in [0.15, 0.2) is 0 Å². The summed E-state index contributed by atoms with van der Waals surface area (Å²) in [6.07, 6.45) is 1.86. The van der Waals surface area contributed by atoms with E-state index in [2.05, 4.69) is 5.32 Å². The molecule has 7 heteroatoms. The summed E-state index contributed by atoms with van der Waals surface area (Å²) in [5.41, 5.74) is 13.1. The number of carbonyl (C=O) groups excluding carboxylic acids is 2. The van der Waals surface area contributed by atoms with Crippen molar-refractivity contribution in [2.75, 3.05) is 13.1 Å². The van der Waals surface area contributed by atoms with Gasteiger partial charge in [-0.25, -0.2) is 4.79 Å². The van der Waals surface area contributed by atoms with Crippen molar-refractivity contribution in [3.05, 3.63) is 35.4 Å². The summed E-state index contributed by atoms with van der Waals surface area (Å²) in [6, 6.07) is 6.84. The van der Waals surface area contributed by atoms with Crippen LogP contribution in [0, 0.1) is 6.92 Å². The van der Waals surface area contributed by atoms with E-state index in [0.29, 0.717) is 13.1 Å². The molecule has 23 heavy (non-hydrogen) atoms. The molecular formula is C16H25ClN4O2. The number of piperidine rings is 1. The Morgan fingerprint density at radius 2 is 1.91 bits per heavy atom. The zero-order valence-electron chi connectivity index (χ0n) is 13.3. The van der Waals surface area contributed by atoms with Gasteiger partial charge in [-0.05, 0) is 30.9 Å². The monoisotopic (exact) mass is 340 g/mol. The third-order valence-corrected chi connectivity index (χ3v) is 4.15. The van der Waals surface area contributed by atoms with E-state index < -0.39 is 12.1 Å². The van der Waals surface area contributed by atoms with Crippen molar-refractivity contribution in [1.82, 2.24) is 10.2 Å². The molecule has 1 heterocycles. The number of aryl methyl sites for hydroxylation is 1. The second-order valence-corrected chi connectivity index (χ2v) is 5.84. The van der Waals surface area contributed by atoms with Crippen LogP contribution in [-0.4, -0.2) is 36.0 Å². The van der Waals surface area contributed by atoms with Crippen molar-refractivity contribution >= 4 is 24.3 Å². The second-order valence-electron chi connectivity index (χ2n) is 5.84. The first-order chi connectivity index (χ1) is 10.5. The SMILES string of the molecule is Cc1ccccc1C(CC(=O)N1CCC(N)CC1)NC(N)=O.Cl. The number of nitrogens with zero attached hydrogens (tertiary/aromatic N) is 1. The number of hydrogen-bond acceptors (Lipinski definition) is 3.